The molecule has 0 heterocycles. The average molecular weight is 723 g/mol. The summed E-state index contributed by atoms with van der Waals surface area (Å²) in [6.45, 7) is 11.1. The largest absolute Gasteiger partial charge is 0.491 e. The van der Waals surface area contributed by atoms with Crippen LogP contribution in [0.15, 0.2) is 24.3 Å². The van der Waals surface area contributed by atoms with Crippen LogP contribution in [0.4, 0.5) is 0 Å². The summed E-state index contributed by atoms with van der Waals surface area (Å²) < 4.78 is 75.0. The van der Waals surface area contributed by atoms with E-state index in [4.69, 9.17) is 61.6 Å². The summed E-state index contributed by atoms with van der Waals surface area (Å²) in [6.07, 6.45) is 0.795. The van der Waals surface area contributed by atoms with Crippen molar-refractivity contribution >= 4 is 12.3 Å². The highest BCUT2D eigenvalue weighted by Crippen LogP contribution is 2.10. The number of esters is 1. The lowest BCUT2D eigenvalue weighted by Crippen LogP contribution is -2.16. The maximum Gasteiger partial charge on any atom is 0.331 e. The number of hydrogen-bond donors (Lipinski definition) is 0. The van der Waals surface area contributed by atoms with Crippen molar-refractivity contribution in [3.05, 3.63) is 29.8 Å². The van der Waals surface area contributed by atoms with Crippen molar-refractivity contribution in [1.82, 2.24) is 0 Å². The normalized spacial score (nSPS) is 11.2. The fourth-order valence-corrected chi connectivity index (χ4v) is 3.49. The summed E-state index contributed by atoms with van der Waals surface area (Å²) in [7, 11) is 1.31. The first kappa shape index (κ1) is 45.7. The third-order valence-corrected chi connectivity index (χ3v) is 6.05. The van der Waals surface area contributed by atoms with E-state index in [1.807, 2.05) is 0 Å². The summed E-state index contributed by atoms with van der Waals surface area (Å²) >= 11 is 0. The predicted octanol–water partition coefficient (Wildman–Crippen LogP) is 1.25. The van der Waals surface area contributed by atoms with Gasteiger partial charge < -0.3 is 66.3 Å². The van der Waals surface area contributed by atoms with Crippen LogP contribution in [0.25, 0.3) is 0 Å². The van der Waals surface area contributed by atoms with Gasteiger partial charge in [-0.1, -0.05) is 0 Å². The molecule has 0 bridgehead atoms. The van der Waals surface area contributed by atoms with Crippen molar-refractivity contribution in [3.63, 3.8) is 0 Å². The topological polar surface area (TPSA) is 163 Å². The molecule has 16 nitrogen and oxygen atoms in total. The molecule has 0 fully saturated rings. The zero-order valence-electron chi connectivity index (χ0n) is 29.6. The maximum absolute atomic E-state index is 10.9. The predicted molar refractivity (Wildman–Crippen MR) is 179 cm³/mol. The Morgan fingerprint density at radius 3 is 0.940 bits per heavy atom. The Bertz CT molecular complexity index is 860. The maximum atomic E-state index is 10.9. The van der Waals surface area contributed by atoms with E-state index in [0.29, 0.717) is 170 Å². The smallest absolute Gasteiger partial charge is 0.331 e. The zero-order valence-corrected chi connectivity index (χ0v) is 29.6. The van der Waals surface area contributed by atoms with Crippen LogP contribution in [0.2, 0.25) is 0 Å². The van der Waals surface area contributed by atoms with Crippen LogP contribution in [0.3, 0.4) is 0 Å². The number of carbonyl (C=O) groups excluding carboxylic acids is 2. The Balaban J connectivity index is 1.63. The van der Waals surface area contributed by atoms with E-state index in [0.717, 1.165) is 6.29 Å². The molecule has 290 valence electrons. The summed E-state index contributed by atoms with van der Waals surface area (Å²) in [4.78, 5) is 21.5. The number of hydrogen-bond acceptors (Lipinski definition) is 16. The van der Waals surface area contributed by atoms with Gasteiger partial charge in [-0.05, 0) is 24.3 Å². The van der Waals surface area contributed by atoms with Gasteiger partial charge in [0.05, 0.1) is 159 Å². The molecule has 0 spiro atoms. The van der Waals surface area contributed by atoms with Gasteiger partial charge in [0.15, 0.2) is 0 Å². The molecule has 0 unspecified atom stereocenters. The quantitative estimate of drug-likeness (QED) is 0.0540. The highest BCUT2D eigenvalue weighted by atomic mass is 16.6. The lowest BCUT2D eigenvalue weighted by atomic mass is 10.2. The second kappa shape index (κ2) is 37.9. The van der Waals surface area contributed by atoms with Crippen LogP contribution in [-0.4, -0.2) is 185 Å². The SMILES string of the molecule is COC(=O)COCCOCCOCCOCCOCCOCCOCCOCCOCCOCCOCCOCCOc1ccc(C=O)cc1. The minimum Gasteiger partial charge on any atom is -0.491 e. The van der Waals surface area contributed by atoms with E-state index in [1.165, 1.54) is 7.11 Å². The fraction of sp³-hybridized carbons (Fsp3) is 0.765. The van der Waals surface area contributed by atoms with E-state index < -0.39 is 5.97 Å². The van der Waals surface area contributed by atoms with Crippen molar-refractivity contribution in [2.75, 3.05) is 172 Å². The highest BCUT2D eigenvalue weighted by molar-refractivity contribution is 5.74. The number of methoxy groups -OCH3 is 1. The van der Waals surface area contributed by atoms with E-state index in [1.54, 1.807) is 24.3 Å². The van der Waals surface area contributed by atoms with Gasteiger partial charge in [0.2, 0.25) is 0 Å². The first-order valence-electron chi connectivity index (χ1n) is 16.9. The molecule has 0 saturated heterocycles. The van der Waals surface area contributed by atoms with Crippen molar-refractivity contribution in [2.24, 2.45) is 0 Å². The van der Waals surface area contributed by atoms with Gasteiger partial charge >= 0.3 is 5.97 Å². The molecule has 0 atom stereocenters. The van der Waals surface area contributed by atoms with Crippen LogP contribution in [0.1, 0.15) is 10.4 Å². The Labute approximate surface area is 296 Å². The molecule has 50 heavy (non-hydrogen) atoms. The van der Waals surface area contributed by atoms with E-state index >= 15 is 0 Å². The molecule has 0 radical (unpaired) electrons. The summed E-state index contributed by atoms with van der Waals surface area (Å²) in [5.74, 6) is 0.288. The van der Waals surface area contributed by atoms with E-state index in [2.05, 4.69) is 4.74 Å². The molecule has 16 heteroatoms. The lowest BCUT2D eigenvalue weighted by molar-refractivity contribution is -0.146. The second-order valence-corrected chi connectivity index (χ2v) is 9.90. The van der Waals surface area contributed by atoms with Gasteiger partial charge in [-0.15, -0.1) is 0 Å². The van der Waals surface area contributed by atoms with Crippen LogP contribution >= 0.6 is 0 Å². The Hall–Kier alpha value is -2.32. The molecule has 1 aromatic rings. The first-order valence-corrected chi connectivity index (χ1v) is 16.9. The van der Waals surface area contributed by atoms with Crippen LogP contribution < -0.4 is 4.74 Å². The molecule has 1 rings (SSSR count). The van der Waals surface area contributed by atoms with E-state index in [9.17, 15) is 9.59 Å². The highest BCUT2D eigenvalue weighted by Gasteiger charge is 2.00. The van der Waals surface area contributed by atoms with Crippen molar-refractivity contribution in [1.29, 1.82) is 0 Å². The summed E-state index contributed by atoms with van der Waals surface area (Å²) in [6, 6.07) is 6.92. The molecule has 0 N–H and O–H groups in total. The molecule has 0 aromatic heterocycles. The first-order chi connectivity index (χ1) is 24.8. The standard InChI is InChI=1S/C34H58O16/c1-37-34(36)31-49-27-26-47-23-22-45-19-18-43-15-14-41-11-10-39-7-6-38-8-9-40-12-13-42-16-17-44-20-21-46-24-25-48-28-29-50-33-4-2-32(30-35)3-5-33/h2-5,30H,6-29,31H2,1H3. The fourth-order valence-electron chi connectivity index (χ4n) is 3.49. The number of aldehydes is 1. The Morgan fingerprint density at radius 1 is 0.420 bits per heavy atom. The number of rotatable bonds is 40. The molecular formula is C34H58O16. The van der Waals surface area contributed by atoms with Gasteiger partial charge in [0.25, 0.3) is 0 Å². The Kier molecular flexibility index (Phi) is 34.7. The van der Waals surface area contributed by atoms with Crippen LogP contribution in [0.5, 0.6) is 5.75 Å². The van der Waals surface area contributed by atoms with E-state index in [-0.39, 0.29) is 6.61 Å². The van der Waals surface area contributed by atoms with Gasteiger partial charge in [0.1, 0.15) is 25.2 Å². The molecule has 0 aliphatic heterocycles. The van der Waals surface area contributed by atoms with Gasteiger partial charge in [-0.3, -0.25) is 4.79 Å². The van der Waals surface area contributed by atoms with Crippen LogP contribution in [0, 0.1) is 0 Å². The number of benzene rings is 1. The summed E-state index contributed by atoms with van der Waals surface area (Å²) in [5.41, 5.74) is 0.614. The molecule has 0 amide bonds. The zero-order chi connectivity index (χ0) is 35.8. The van der Waals surface area contributed by atoms with Gasteiger partial charge in [0, 0.05) is 5.56 Å². The minimum absolute atomic E-state index is 0.0748. The third-order valence-electron chi connectivity index (χ3n) is 6.05. The lowest BCUT2D eigenvalue weighted by Gasteiger charge is -2.09. The molecule has 0 aliphatic rings. The average Bonchev–Trinajstić information content (AvgIpc) is 3.14. The van der Waals surface area contributed by atoms with Crippen LogP contribution in [-0.2, 0) is 66.4 Å². The molecule has 1 aromatic carbocycles. The van der Waals surface area contributed by atoms with Crippen molar-refractivity contribution in [2.45, 2.75) is 0 Å². The second-order valence-electron chi connectivity index (χ2n) is 9.90. The number of carbonyl (C=O) groups is 2. The molecule has 0 aliphatic carbocycles. The number of ether oxygens (including phenoxy) is 14. The Morgan fingerprint density at radius 2 is 0.680 bits per heavy atom. The molecular weight excluding hydrogens is 664 g/mol. The monoisotopic (exact) mass is 722 g/mol. The van der Waals surface area contributed by atoms with Gasteiger partial charge in [-0.25, -0.2) is 4.79 Å². The molecule has 0 saturated carbocycles. The third kappa shape index (κ3) is 32.9. The summed E-state index contributed by atoms with van der Waals surface area (Å²) in [5, 5.41) is 0. The van der Waals surface area contributed by atoms with Crippen molar-refractivity contribution in [3.8, 4) is 5.75 Å². The van der Waals surface area contributed by atoms with Crippen molar-refractivity contribution < 1.29 is 75.9 Å². The van der Waals surface area contributed by atoms with Gasteiger partial charge in [-0.2, -0.15) is 0 Å². The minimum atomic E-state index is -0.411.